The lowest BCUT2D eigenvalue weighted by Gasteiger charge is -2.46. The van der Waals surface area contributed by atoms with Crippen molar-refractivity contribution in [1.29, 1.82) is 0 Å². The van der Waals surface area contributed by atoms with Crippen LogP contribution in [-0.2, 0) is 13.1 Å². The average Bonchev–Trinajstić information content (AvgIpc) is 2.46. The van der Waals surface area contributed by atoms with Crippen LogP contribution in [0.15, 0.2) is 24.3 Å². The summed E-state index contributed by atoms with van der Waals surface area (Å²) in [6.45, 7) is 7.58. The number of hydrogen-bond donors (Lipinski definition) is 0. The summed E-state index contributed by atoms with van der Waals surface area (Å²) in [6, 6.07) is 9.11. The first-order valence-electron chi connectivity index (χ1n) is 7.12. The Labute approximate surface area is 152 Å². The normalized spacial score (nSPS) is 15.8. The van der Waals surface area contributed by atoms with E-state index in [9.17, 15) is 0 Å². The van der Waals surface area contributed by atoms with Gasteiger partial charge in [-0.3, -0.25) is 0 Å². The van der Waals surface area contributed by atoms with Crippen molar-refractivity contribution in [2.45, 2.75) is 26.9 Å². The van der Waals surface area contributed by atoms with E-state index < -0.39 is 0 Å². The Balaban J connectivity index is 1.89. The summed E-state index contributed by atoms with van der Waals surface area (Å²) < 4.78 is 2.73. The molecule has 0 atom stereocenters. The summed E-state index contributed by atoms with van der Waals surface area (Å²) in [5.74, 6) is 0. The van der Waals surface area contributed by atoms with Gasteiger partial charge in [0.15, 0.2) is 0 Å². The molecule has 0 aromatic heterocycles. The highest BCUT2D eigenvalue weighted by molar-refractivity contribution is 14.1. The third-order valence-corrected chi connectivity index (χ3v) is 6.93. The number of benzene rings is 2. The molecule has 0 amide bonds. The van der Waals surface area contributed by atoms with Crippen molar-refractivity contribution in [3.63, 3.8) is 0 Å². The summed E-state index contributed by atoms with van der Waals surface area (Å²) in [5, 5.41) is 0. The van der Waals surface area contributed by atoms with E-state index in [0.29, 0.717) is 0 Å². The van der Waals surface area contributed by atoms with E-state index in [4.69, 9.17) is 0 Å². The van der Waals surface area contributed by atoms with Gasteiger partial charge in [-0.1, -0.05) is 12.1 Å². The van der Waals surface area contributed by atoms with Crippen LogP contribution in [0.1, 0.15) is 22.3 Å². The van der Waals surface area contributed by atoms with Crippen molar-refractivity contribution >= 4 is 56.6 Å². The maximum absolute atomic E-state index is 2.53. The predicted octanol–water partition coefficient (Wildman–Crippen LogP) is 4.81. The van der Waals surface area contributed by atoms with Gasteiger partial charge in [0.05, 0.1) is 6.67 Å². The van der Waals surface area contributed by atoms with Crippen LogP contribution in [0.3, 0.4) is 0 Å². The van der Waals surface area contributed by atoms with Crippen LogP contribution >= 0.6 is 45.2 Å². The van der Waals surface area contributed by atoms with Gasteiger partial charge in [0.2, 0.25) is 0 Å². The van der Waals surface area contributed by atoms with Crippen molar-refractivity contribution in [3.05, 3.63) is 53.7 Å². The molecule has 2 aromatic rings. The SMILES string of the molecule is Cc1c(I)ccc2c1N1Cc3ccc(I)c(C)c3N(C2)C1. The van der Waals surface area contributed by atoms with Gasteiger partial charge in [-0.15, -0.1) is 0 Å². The first kappa shape index (κ1) is 14.1. The largest absolute Gasteiger partial charge is 0.349 e. The molecule has 0 unspecified atom stereocenters. The van der Waals surface area contributed by atoms with Crippen LogP contribution in [0.25, 0.3) is 0 Å². The van der Waals surface area contributed by atoms with Crippen LogP contribution in [-0.4, -0.2) is 6.67 Å². The Hall–Kier alpha value is -0.500. The number of nitrogens with zero attached hydrogens (tertiary/aromatic N) is 2. The van der Waals surface area contributed by atoms with Gasteiger partial charge in [0.1, 0.15) is 0 Å². The Kier molecular flexibility index (Phi) is 3.37. The Morgan fingerprint density at radius 1 is 0.762 bits per heavy atom. The molecule has 0 saturated carbocycles. The lowest BCUT2D eigenvalue weighted by molar-refractivity contribution is 0.646. The molecule has 0 radical (unpaired) electrons. The molecule has 0 saturated heterocycles. The molecule has 4 heteroatoms. The number of hydrogen-bond acceptors (Lipinski definition) is 2. The van der Waals surface area contributed by atoms with Gasteiger partial charge in [0, 0.05) is 31.6 Å². The molecule has 2 aromatic carbocycles. The summed E-state index contributed by atoms with van der Waals surface area (Å²) >= 11 is 4.90. The summed E-state index contributed by atoms with van der Waals surface area (Å²) in [4.78, 5) is 5.07. The van der Waals surface area contributed by atoms with Crippen molar-refractivity contribution < 1.29 is 0 Å². The molecule has 0 fully saturated rings. The molecular formula is C17H16I2N2. The fourth-order valence-corrected chi connectivity index (χ4v) is 4.49. The minimum atomic E-state index is 1.02. The Bertz CT molecular complexity index is 691. The molecule has 0 N–H and O–H groups in total. The quantitative estimate of drug-likeness (QED) is 0.478. The fraction of sp³-hybridized carbons (Fsp3) is 0.294. The lowest BCUT2D eigenvalue weighted by atomic mass is 9.97. The first-order chi connectivity index (χ1) is 10.1. The highest BCUT2D eigenvalue weighted by Crippen LogP contribution is 2.42. The smallest absolute Gasteiger partial charge is 0.0910 e. The molecule has 2 heterocycles. The highest BCUT2D eigenvalue weighted by atomic mass is 127. The molecule has 2 aliphatic heterocycles. The zero-order valence-corrected chi connectivity index (χ0v) is 16.4. The second-order valence-electron chi connectivity index (χ2n) is 5.90. The fourth-order valence-electron chi connectivity index (χ4n) is 3.62. The maximum Gasteiger partial charge on any atom is 0.0910 e. The molecule has 0 spiro atoms. The van der Waals surface area contributed by atoms with Gasteiger partial charge in [-0.2, -0.15) is 0 Å². The first-order valence-corrected chi connectivity index (χ1v) is 9.28. The minimum Gasteiger partial charge on any atom is -0.349 e. The van der Waals surface area contributed by atoms with Crippen LogP contribution in [0.2, 0.25) is 0 Å². The molecule has 21 heavy (non-hydrogen) atoms. The second kappa shape index (κ2) is 5.01. The molecule has 2 nitrogen and oxygen atoms in total. The van der Waals surface area contributed by atoms with Crippen LogP contribution < -0.4 is 9.80 Å². The van der Waals surface area contributed by atoms with Crippen molar-refractivity contribution in [1.82, 2.24) is 0 Å². The number of fused-ring (bicyclic) bond motifs is 6. The predicted molar refractivity (Wildman–Crippen MR) is 105 cm³/mol. The summed E-state index contributed by atoms with van der Waals surface area (Å²) in [6.07, 6.45) is 0. The average molecular weight is 502 g/mol. The van der Waals surface area contributed by atoms with E-state index in [-0.39, 0.29) is 0 Å². The van der Waals surface area contributed by atoms with Crippen LogP contribution in [0.4, 0.5) is 11.4 Å². The zero-order valence-electron chi connectivity index (χ0n) is 12.1. The van der Waals surface area contributed by atoms with E-state index in [1.165, 1.54) is 40.8 Å². The standard InChI is InChI=1S/C17H16I2N2/c1-10-14(18)5-3-12-7-21-9-20(16(10)12)8-13-4-6-15(19)11(2)17(13)21/h3-6H,7-9H2,1-2H3. The zero-order chi connectivity index (χ0) is 14.7. The molecule has 4 rings (SSSR count). The Morgan fingerprint density at radius 2 is 1.19 bits per heavy atom. The van der Waals surface area contributed by atoms with Crippen LogP contribution in [0, 0.1) is 21.0 Å². The van der Waals surface area contributed by atoms with E-state index in [2.05, 4.69) is 93.1 Å². The molecule has 108 valence electrons. The third kappa shape index (κ3) is 2.09. The van der Waals surface area contributed by atoms with Gasteiger partial charge >= 0.3 is 0 Å². The Morgan fingerprint density at radius 3 is 1.62 bits per heavy atom. The summed E-state index contributed by atoms with van der Waals surface area (Å²) in [7, 11) is 0. The van der Waals surface area contributed by atoms with Crippen LogP contribution in [0.5, 0.6) is 0 Å². The minimum absolute atomic E-state index is 1.02. The van der Waals surface area contributed by atoms with E-state index in [1.807, 2.05) is 0 Å². The molecule has 0 aliphatic carbocycles. The molecule has 2 aliphatic rings. The van der Waals surface area contributed by atoms with Gasteiger partial charge in [0.25, 0.3) is 0 Å². The number of halogens is 2. The van der Waals surface area contributed by atoms with Gasteiger partial charge in [-0.05, 0) is 93.4 Å². The monoisotopic (exact) mass is 502 g/mol. The van der Waals surface area contributed by atoms with E-state index in [0.717, 1.165) is 19.8 Å². The molecule has 2 bridgehead atoms. The number of rotatable bonds is 0. The van der Waals surface area contributed by atoms with Crippen molar-refractivity contribution in [3.8, 4) is 0 Å². The third-order valence-electron chi connectivity index (χ3n) is 4.59. The number of anilines is 2. The highest BCUT2D eigenvalue weighted by Gasteiger charge is 2.31. The summed E-state index contributed by atoms with van der Waals surface area (Å²) in [5.41, 5.74) is 8.70. The van der Waals surface area contributed by atoms with Gasteiger partial charge < -0.3 is 9.80 Å². The van der Waals surface area contributed by atoms with Gasteiger partial charge in [-0.25, -0.2) is 0 Å². The lowest BCUT2D eigenvalue weighted by Crippen LogP contribution is -2.47. The van der Waals surface area contributed by atoms with Crippen molar-refractivity contribution in [2.24, 2.45) is 0 Å². The maximum atomic E-state index is 2.53. The topological polar surface area (TPSA) is 6.48 Å². The van der Waals surface area contributed by atoms with E-state index >= 15 is 0 Å². The van der Waals surface area contributed by atoms with Crippen molar-refractivity contribution in [2.75, 3.05) is 16.5 Å². The molecular weight excluding hydrogens is 486 g/mol. The van der Waals surface area contributed by atoms with E-state index in [1.54, 1.807) is 0 Å². The second-order valence-corrected chi connectivity index (χ2v) is 8.22.